The number of imidazole rings is 1. The van der Waals surface area contributed by atoms with Gasteiger partial charge in [-0.2, -0.15) is 0 Å². The molecule has 0 aliphatic rings. The summed E-state index contributed by atoms with van der Waals surface area (Å²) in [7, 11) is 0. The van der Waals surface area contributed by atoms with Crippen LogP contribution in [0.5, 0.6) is 0 Å². The maximum Gasteiger partial charge on any atom is 0.254 e. The Hall–Kier alpha value is -1.59. The first-order valence-corrected chi connectivity index (χ1v) is 6.48. The Bertz CT molecular complexity index is 557. The van der Waals surface area contributed by atoms with Crippen molar-refractivity contribution in [2.45, 2.75) is 13.0 Å². The van der Waals surface area contributed by atoms with Gasteiger partial charge >= 0.3 is 0 Å². The van der Waals surface area contributed by atoms with Crippen LogP contribution in [0.2, 0.25) is 10.3 Å². The lowest BCUT2D eigenvalue weighted by Crippen LogP contribution is -2.25. The minimum absolute atomic E-state index is 0.111. The van der Waals surface area contributed by atoms with Crippen molar-refractivity contribution >= 4 is 29.1 Å². The summed E-state index contributed by atoms with van der Waals surface area (Å²) in [6, 6.07) is 3.09. The van der Waals surface area contributed by atoms with Crippen LogP contribution in [-0.4, -0.2) is 27.0 Å². The van der Waals surface area contributed by atoms with E-state index in [-0.39, 0.29) is 16.2 Å². The van der Waals surface area contributed by atoms with Gasteiger partial charge in [0.1, 0.15) is 10.3 Å². The number of hydrogen-bond acceptors (Lipinski definition) is 3. The number of carbonyl (C=O) groups is 1. The van der Waals surface area contributed by atoms with E-state index in [1.54, 1.807) is 18.6 Å². The Morgan fingerprint density at radius 3 is 2.89 bits per heavy atom. The van der Waals surface area contributed by atoms with Crippen LogP contribution in [-0.2, 0) is 6.54 Å². The van der Waals surface area contributed by atoms with E-state index in [1.807, 2.05) is 10.8 Å². The van der Waals surface area contributed by atoms with E-state index >= 15 is 0 Å². The molecule has 2 aromatic heterocycles. The molecule has 0 unspecified atom stereocenters. The number of nitrogens with one attached hydrogen (secondary N) is 1. The second-order valence-corrected chi connectivity index (χ2v) is 4.63. The molecule has 0 aromatic carbocycles. The van der Waals surface area contributed by atoms with Crippen LogP contribution < -0.4 is 5.32 Å². The van der Waals surface area contributed by atoms with E-state index in [0.29, 0.717) is 12.1 Å². The van der Waals surface area contributed by atoms with Crippen LogP contribution >= 0.6 is 23.2 Å². The second kappa shape index (κ2) is 6.54. The summed E-state index contributed by atoms with van der Waals surface area (Å²) in [4.78, 5) is 19.6. The Labute approximate surface area is 120 Å². The molecular weight excluding hydrogens is 287 g/mol. The maximum absolute atomic E-state index is 11.8. The largest absolute Gasteiger partial charge is 0.352 e. The van der Waals surface area contributed by atoms with E-state index < -0.39 is 0 Å². The van der Waals surface area contributed by atoms with E-state index in [9.17, 15) is 4.79 Å². The number of pyridine rings is 1. The summed E-state index contributed by atoms with van der Waals surface area (Å²) in [5.41, 5.74) is 0.327. The first-order valence-electron chi connectivity index (χ1n) is 5.73. The van der Waals surface area contributed by atoms with Crippen molar-refractivity contribution in [2.24, 2.45) is 0 Å². The molecule has 0 aliphatic carbocycles. The minimum Gasteiger partial charge on any atom is -0.352 e. The van der Waals surface area contributed by atoms with Crippen molar-refractivity contribution in [1.29, 1.82) is 0 Å². The van der Waals surface area contributed by atoms with Crippen LogP contribution in [0, 0.1) is 0 Å². The standard InChI is InChI=1S/C12H12Cl2N4O/c13-10-3-2-9(11(14)17-10)12(19)16-4-1-6-18-7-5-15-8-18/h2-3,5,7-8H,1,4,6H2,(H,16,19). The Kier molecular flexibility index (Phi) is 4.76. The number of aromatic nitrogens is 3. The molecule has 2 aromatic rings. The Morgan fingerprint density at radius 1 is 1.37 bits per heavy atom. The third kappa shape index (κ3) is 3.94. The molecule has 0 spiro atoms. The van der Waals surface area contributed by atoms with Crippen LogP contribution in [0.1, 0.15) is 16.8 Å². The SMILES string of the molecule is O=C(NCCCn1ccnc1)c1ccc(Cl)nc1Cl. The fourth-order valence-corrected chi connectivity index (χ4v) is 1.99. The van der Waals surface area contributed by atoms with Crippen LogP contribution in [0.15, 0.2) is 30.9 Å². The van der Waals surface area contributed by atoms with Gasteiger partial charge in [-0.25, -0.2) is 9.97 Å². The number of hydrogen-bond donors (Lipinski definition) is 1. The van der Waals surface area contributed by atoms with E-state index in [0.717, 1.165) is 13.0 Å². The Morgan fingerprint density at radius 2 is 2.21 bits per heavy atom. The van der Waals surface area contributed by atoms with Gasteiger partial charge in [0.15, 0.2) is 0 Å². The number of amides is 1. The van der Waals surface area contributed by atoms with Crippen molar-refractivity contribution in [3.8, 4) is 0 Å². The average molecular weight is 299 g/mol. The summed E-state index contributed by atoms with van der Waals surface area (Å²) in [6.07, 6.45) is 6.14. The zero-order chi connectivity index (χ0) is 13.7. The second-order valence-electron chi connectivity index (χ2n) is 3.88. The molecule has 2 heterocycles. The van der Waals surface area contributed by atoms with Crippen molar-refractivity contribution < 1.29 is 4.79 Å². The molecule has 0 saturated heterocycles. The molecule has 5 nitrogen and oxygen atoms in total. The van der Waals surface area contributed by atoms with Gasteiger partial charge in [-0.1, -0.05) is 23.2 Å². The van der Waals surface area contributed by atoms with Crippen LogP contribution in [0.4, 0.5) is 0 Å². The number of nitrogens with zero attached hydrogens (tertiary/aromatic N) is 3. The van der Waals surface area contributed by atoms with Crippen LogP contribution in [0.25, 0.3) is 0 Å². The smallest absolute Gasteiger partial charge is 0.254 e. The third-order valence-corrected chi connectivity index (χ3v) is 3.00. The molecule has 0 fully saturated rings. The first-order chi connectivity index (χ1) is 9.16. The molecular formula is C12H12Cl2N4O. The summed E-state index contributed by atoms with van der Waals surface area (Å²) in [6.45, 7) is 1.35. The van der Waals surface area contributed by atoms with Gasteiger partial charge in [0.2, 0.25) is 0 Å². The fraction of sp³-hybridized carbons (Fsp3) is 0.250. The van der Waals surface area contributed by atoms with Gasteiger partial charge in [-0.15, -0.1) is 0 Å². The fourth-order valence-electron chi connectivity index (χ4n) is 1.56. The number of aryl methyl sites for hydroxylation is 1. The van der Waals surface area contributed by atoms with Gasteiger partial charge in [0.25, 0.3) is 5.91 Å². The van der Waals surface area contributed by atoms with Gasteiger partial charge in [0.05, 0.1) is 11.9 Å². The number of rotatable bonds is 5. The van der Waals surface area contributed by atoms with E-state index in [1.165, 1.54) is 6.07 Å². The molecule has 0 atom stereocenters. The molecule has 100 valence electrons. The molecule has 7 heteroatoms. The van der Waals surface area contributed by atoms with E-state index in [4.69, 9.17) is 23.2 Å². The molecule has 2 rings (SSSR count). The quantitative estimate of drug-likeness (QED) is 0.681. The lowest BCUT2D eigenvalue weighted by atomic mass is 10.2. The molecule has 19 heavy (non-hydrogen) atoms. The van der Waals surface area contributed by atoms with Gasteiger partial charge in [-0.3, -0.25) is 4.79 Å². The van der Waals surface area contributed by atoms with Crippen molar-refractivity contribution in [3.63, 3.8) is 0 Å². The van der Waals surface area contributed by atoms with Crippen LogP contribution in [0.3, 0.4) is 0 Å². The summed E-state index contributed by atoms with van der Waals surface area (Å²) in [5.74, 6) is -0.250. The lowest BCUT2D eigenvalue weighted by molar-refractivity contribution is 0.0952. The number of carbonyl (C=O) groups excluding carboxylic acids is 1. The molecule has 0 aliphatic heterocycles. The predicted molar refractivity (Wildman–Crippen MR) is 73.4 cm³/mol. The highest BCUT2D eigenvalue weighted by Gasteiger charge is 2.10. The maximum atomic E-state index is 11.8. The summed E-state index contributed by atoms with van der Waals surface area (Å²) in [5, 5.41) is 3.16. The average Bonchev–Trinajstić information content (AvgIpc) is 2.87. The van der Waals surface area contributed by atoms with Gasteiger partial charge in [0, 0.05) is 25.5 Å². The highest BCUT2D eigenvalue weighted by molar-refractivity contribution is 6.34. The van der Waals surface area contributed by atoms with Crippen molar-refractivity contribution in [2.75, 3.05) is 6.54 Å². The topological polar surface area (TPSA) is 59.8 Å². The van der Waals surface area contributed by atoms with Gasteiger partial charge in [-0.05, 0) is 18.6 Å². The number of halogens is 2. The summed E-state index contributed by atoms with van der Waals surface area (Å²) < 4.78 is 1.95. The first kappa shape index (κ1) is 13.8. The van der Waals surface area contributed by atoms with E-state index in [2.05, 4.69) is 15.3 Å². The molecule has 0 radical (unpaired) electrons. The third-order valence-electron chi connectivity index (χ3n) is 2.50. The monoisotopic (exact) mass is 298 g/mol. The molecule has 0 bridgehead atoms. The molecule has 0 saturated carbocycles. The normalized spacial score (nSPS) is 10.4. The van der Waals surface area contributed by atoms with Crippen molar-refractivity contribution in [1.82, 2.24) is 19.9 Å². The lowest BCUT2D eigenvalue weighted by Gasteiger charge is -2.06. The molecule has 1 N–H and O–H groups in total. The zero-order valence-corrected chi connectivity index (χ0v) is 11.5. The minimum atomic E-state index is -0.250. The van der Waals surface area contributed by atoms with Crippen molar-refractivity contribution in [3.05, 3.63) is 46.7 Å². The van der Waals surface area contributed by atoms with Gasteiger partial charge < -0.3 is 9.88 Å². The Balaban J connectivity index is 1.81. The predicted octanol–water partition coefficient (Wildman–Crippen LogP) is 2.41. The zero-order valence-electron chi connectivity index (χ0n) is 10.0. The summed E-state index contributed by atoms with van der Waals surface area (Å²) >= 11 is 11.5. The molecule has 1 amide bonds. The highest BCUT2D eigenvalue weighted by Crippen LogP contribution is 2.16. The highest BCUT2D eigenvalue weighted by atomic mass is 35.5.